The summed E-state index contributed by atoms with van der Waals surface area (Å²) in [5.74, 6) is 0.804. The summed E-state index contributed by atoms with van der Waals surface area (Å²) in [6.07, 6.45) is 4.33. The molecule has 5 heteroatoms. The zero-order valence-electron chi connectivity index (χ0n) is 11.7. The maximum Gasteiger partial charge on any atom is 0.317 e. The Morgan fingerprint density at radius 1 is 1.42 bits per heavy atom. The van der Waals surface area contributed by atoms with E-state index in [9.17, 15) is 4.79 Å². The first kappa shape index (κ1) is 13.6. The van der Waals surface area contributed by atoms with Gasteiger partial charge in [-0.1, -0.05) is 0 Å². The second-order valence-corrected chi connectivity index (χ2v) is 5.84. The van der Waals surface area contributed by atoms with Crippen molar-refractivity contribution in [1.82, 2.24) is 15.2 Å². The average molecular weight is 263 g/mol. The molecule has 1 N–H and O–H groups in total. The van der Waals surface area contributed by atoms with Crippen LogP contribution >= 0.6 is 0 Å². The summed E-state index contributed by atoms with van der Waals surface area (Å²) >= 11 is 0. The van der Waals surface area contributed by atoms with E-state index in [2.05, 4.69) is 10.3 Å². The molecule has 1 aliphatic rings. The molecule has 19 heavy (non-hydrogen) atoms. The third kappa shape index (κ3) is 4.12. The summed E-state index contributed by atoms with van der Waals surface area (Å²) in [6, 6.07) is 3.64. The summed E-state index contributed by atoms with van der Waals surface area (Å²) in [6.45, 7) is 7.30. The molecule has 2 rings (SSSR count). The zero-order chi connectivity index (χ0) is 13.9. The highest BCUT2D eigenvalue weighted by molar-refractivity contribution is 5.75. The number of pyridine rings is 1. The van der Waals surface area contributed by atoms with E-state index in [4.69, 9.17) is 4.74 Å². The summed E-state index contributed by atoms with van der Waals surface area (Å²) in [4.78, 5) is 17.8. The average Bonchev–Trinajstić information content (AvgIpc) is 2.77. The highest BCUT2D eigenvalue weighted by atomic mass is 16.5. The second-order valence-electron chi connectivity index (χ2n) is 5.84. The fourth-order valence-electron chi connectivity index (χ4n) is 2.02. The molecule has 1 fully saturated rings. The lowest BCUT2D eigenvalue weighted by atomic mass is 10.1. The first-order chi connectivity index (χ1) is 8.94. The summed E-state index contributed by atoms with van der Waals surface area (Å²) in [5.41, 5.74) is -0.207. The van der Waals surface area contributed by atoms with Crippen LogP contribution in [-0.2, 0) is 0 Å². The predicted molar refractivity (Wildman–Crippen MR) is 73.1 cm³/mol. The Kier molecular flexibility index (Phi) is 3.93. The molecular weight excluding hydrogens is 242 g/mol. The molecule has 1 saturated heterocycles. The van der Waals surface area contributed by atoms with Crippen molar-refractivity contribution in [2.24, 2.45) is 0 Å². The van der Waals surface area contributed by atoms with Crippen LogP contribution in [0.2, 0.25) is 0 Å². The fourth-order valence-corrected chi connectivity index (χ4v) is 2.02. The molecule has 0 aliphatic carbocycles. The molecule has 1 aromatic heterocycles. The Bertz CT molecular complexity index is 428. The number of likely N-dealkylation sites (tertiary alicyclic amines) is 1. The van der Waals surface area contributed by atoms with Crippen LogP contribution in [0.1, 0.15) is 27.2 Å². The molecule has 0 bridgehead atoms. The van der Waals surface area contributed by atoms with Crippen molar-refractivity contribution in [3.63, 3.8) is 0 Å². The maximum atomic E-state index is 12.0. The van der Waals surface area contributed by atoms with Crippen LogP contribution in [0.3, 0.4) is 0 Å². The van der Waals surface area contributed by atoms with Crippen molar-refractivity contribution < 1.29 is 9.53 Å². The molecule has 104 valence electrons. The van der Waals surface area contributed by atoms with Crippen molar-refractivity contribution in [2.45, 2.75) is 38.8 Å². The lowest BCUT2D eigenvalue weighted by Gasteiger charge is -2.25. The van der Waals surface area contributed by atoms with E-state index in [0.29, 0.717) is 6.54 Å². The van der Waals surface area contributed by atoms with Crippen LogP contribution in [-0.4, -0.2) is 40.6 Å². The van der Waals surface area contributed by atoms with E-state index >= 15 is 0 Å². The number of urea groups is 1. The van der Waals surface area contributed by atoms with E-state index in [1.54, 1.807) is 17.3 Å². The van der Waals surface area contributed by atoms with E-state index in [1.165, 1.54) is 0 Å². The minimum atomic E-state index is -0.207. The quantitative estimate of drug-likeness (QED) is 0.888. The van der Waals surface area contributed by atoms with Crippen molar-refractivity contribution in [2.75, 3.05) is 13.1 Å². The van der Waals surface area contributed by atoms with E-state index in [1.807, 2.05) is 32.9 Å². The Morgan fingerprint density at radius 2 is 2.11 bits per heavy atom. The Morgan fingerprint density at radius 3 is 2.74 bits per heavy atom. The SMILES string of the molecule is CC(C)(C)NC(=O)N1CCC(Oc2ccncc2)C1. The van der Waals surface area contributed by atoms with Gasteiger partial charge in [-0.05, 0) is 32.9 Å². The molecule has 0 radical (unpaired) electrons. The van der Waals surface area contributed by atoms with Gasteiger partial charge in [-0.3, -0.25) is 4.98 Å². The summed E-state index contributed by atoms with van der Waals surface area (Å²) in [7, 11) is 0. The number of carbonyl (C=O) groups excluding carboxylic acids is 1. The van der Waals surface area contributed by atoms with Gasteiger partial charge in [0.1, 0.15) is 11.9 Å². The lowest BCUT2D eigenvalue weighted by molar-refractivity contribution is 0.181. The van der Waals surface area contributed by atoms with Crippen LogP contribution in [0.5, 0.6) is 5.75 Å². The minimum absolute atomic E-state index is 0.0201. The number of carbonyl (C=O) groups is 1. The van der Waals surface area contributed by atoms with Crippen LogP contribution in [0.4, 0.5) is 4.79 Å². The number of amides is 2. The number of nitrogens with one attached hydrogen (secondary N) is 1. The number of hydrogen-bond donors (Lipinski definition) is 1. The molecular formula is C14H21N3O2. The molecule has 1 aromatic rings. The monoisotopic (exact) mass is 263 g/mol. The molecule has 0 aromatic carbocycles. The number of ether oxygens (including phenoxy) is 1. The molecule has 0 spiro atoms. The maximum absolute atomic E-state index is 12.0. The molecule has 1 aliphatic heterocycles. The molecule has 1 unspecified atom stereocenters. The molecule has 5 nitrogen and oxygen atoms in total. The standard InChI is InChI=1S/C14H21N3O2/c1-14(2,3)16-13(18)17-9-6-12(10-17)19-11-4-7-15-8-5-11/h4-5,7-8,12H,6,9-10H2,1-3H3,(H,16,18). The van der Waals surface area contributed by atoms with Crippen molar-refractivity contribution in [1.29, 1.82) is 0 Å². The molecule has 0 saturated carbocycles. The van der Waals surface area contributed by atoms with Gasteiger partial charge in [-0.15, -0.1) is 0 Å². The van der Waals surface area contributed by atoms with Gasteiger partial charge in [0.05, 0.1) is 6.54 Å². The van der Waals surface area contributed by atoms with Gasteiger partial charge in [0.2, 0.25) is 0 Å². The normalized spacial score (nSPS) is 19.3. The van der Waals surface area contributed by atoms with Gasteiger partial charge < -0.3 is 15.0 Å². The van der Waals surface area contributed by atoms with Gasteiger partial charge >= 0.3 is 6.03 Å². The van der Waals surface area contributed by atoms with Crippen LogP contribution < -0.4 is 10.1 Å². The fraction of sp³-hybridized carbons (Fsp3) is 0.571. The third-order valence-corrected chi connectivity index (χ3v) is 2.87. The molecule has 2 heterocycles. The van der Waals surface area contributed by atoms with Crippen molar-refractivity contribution in [3.8, 4) is 5.75 Å². The molecule has 1 atom stereocenters. The van der Waals surface area contributed by atoms with Gasteiger partial charge in [-0.25, -0.2) is 4.79 Å². The van der Waals surface area contributed by atoms with Gasteiger partial charge in [0.25, 0.3) is 0 Å². The first-order valence-corrected chi connectivity index (χ1v) is 6.58. The number of rotatable bonds is 2. The van der Waals surface area contributed by atoms with E-state index in [-0.39, 0.29) is 17.7 Å². The highest BCUT2D eigenvalue weighted by Crippen LogP contribution is 2.17. The topological polar surface area (TPSA) is 54.5 Å². The van der Waals surface area contributed by atoms with E-state index < -0.39 is 0 Å². The van der Waals surface area contributed by atoms with Gasteiger partial charge in [0, 0.05) is 30.9 Å². The van der Waals surface area contributed by atoms with Gasteiger partial charge in [0.15, 0.2) is 0 Å². The largest absolute Gasteiger partial charge is 0.488 e. The minimum Gasteiger partial charge on any atom is -0.488 e. The Labute approximate surface area is 114 Å². The Hall–Kier alpha value is -1.78. The second kappa shape index (κ2) is 5.47. The summed E-state index contributed by atoms with van der Waals surface area (Å²) in [5, 5.41) is 2.97. The highest BCUT2D eigenvalue weighted by Gasteiger charge is 2.29. The van der Waals surface area contributed by atoms with Crippen LogP contribution in [0.25, 0.3) is 0 Å². The van der Waals surface area contributed by atoms with Crippen LogP contribution in [0.15, 0.2) is 24.5 Å². The van der Waals surface area contributed by atoms with Crippen LogP contribution in [0, 0.1) is 0 Å². The van der Waals surface area contributed by atoms with Crippen molar-refractivity contribution >= 4 is 6.03 Å². The van der Waals surface area contributed by atoms with Crippen molar-refractivity contribution in [3.05, 3.63) is 24.5 Å². The van der Waals surface area contributed by atoms with E-state index in [0.717, 1.165) is 18.7 Å². The zero-order valence-corrected chi connectivity index (χ0v) is 11.7. The van der Waals surface area contributed by atoms with Gasteiger partial charge in [-0.2, -0.15) is 0 Å². The Balaban J connectivity index is 1.85. The molecule has 2 amide bonds. The third-order valence-electron chi connectivity index (χ3n) is 2.87. The predicted octanol–water partition coefficient (Wildman–Crippen LogP) is 2.04. The number of hydrogen-bond acceptors (Lipinski definition) is 3. The smallest absolute Gasteiger partial charge is 0.317 e. The number of aromatic nitrogens is 1. The lowest BCUT2D eigenvalue weighted by Crippen LogP contribution is -2.48. The summed E-state index contributed by atoms with van der Waals surface area (Å²) < 4.78 is 5.82. The number of nitrogens with zero attached hydrogens (tertiary/aromatic N) is 2. The first-order valence-electron chi connectivity index (χ1n) is 6.58.